The standard InChI is InChI=1S/C22H31N5/c1-3-4-12-21(19-25-26(2)22-13-8-7-9-14-22)24-15-10-5-6-11-17-27-18-16-23-20-27/h3-4,7-9,12-14,16,18-20,24H,5-6,10-11,15,17H2,1-2H3/b4-3-,21-12-,25-19+. The molecule has 1 aromatic heterocycles. The Kier molecular flexibility index (Phi) is 9.50. The fourth-order valence-electron chi connectivity index (χ4n) is 2.63. The van der Waals surface area contributed by atoms with Gasteiger partial charge in [0.25, 0.3) is 0 Å². The first-order valence-corrected chi connectivity index (χ1v) is 9.65. The van der Waals surface area contributed by atoms with Crippen LogP contribution in [0.5, 0.6) is 0 Å². The number of nitrogens with one attached hydrogen (secondary N) is 1. The van der Waals surface area contributed by atoms with Gasteiger partial charge >= 0.3 is 0 Å². The number of hydrazone groups is 1. The van der Waals surface area contributed by atoms with Crippen molar-refractivity contribution in [2.24, 2.45) is 5.10 Å². The normalized spacial score (nSPS) is 12.1. The third-order valence-corrected chi connectivity index (χ3v) is 4.20. The van der Waals surface area contributed by atoms with Gasteiger partial charge in [-0.15, -0.1) is 0 Å². The van der Waals surface area contributed by atoms with Crippen LogP contribution in [-0.4, -0.2) is 29.4 Å². The van der Waals surface area contributed by atoms with Gasteiger partial charge in [0.1, 0.15) is 0 Å². The molecule has 0 aliphatic carbocycles. The zero-order chi connectivity index (χ0) is 19.2. The fraction of sp³-hybridized carbons (Fsp3) is 0.364. The molecule has 0 bridgehead atoms. The van der Waals surface area contributed by atoms with Crippen LogP contribution in [0.4, 0.5) is 5.69 Å². The molecule has 0 fully saturated rings. The Balaban J connectivity index is 1.70. The van der Waals surface area contributed by atoms with Crippen LogP contribution < -0.4 is 10.3 Å². The van der Waals surface area contributed by atoms with E-state index in [1.807, 2.05) is 86.4 Å². The Morgan fingerprint density at radius 1 is 1.19 bits per heavy atom. The van der Waals surface area contributed by atoms with Gasteiger partial charge in [-0.3, -0.25) is 5.01 Å². The molecule has 0 atom stereocenters. The summed E-state index contributed by atoms with van der Waals surface area (Å²) >= 11 is 0. The molecule has 2 aromatic rings. The second-order valence-electron chi connectivity index (χ2n) is 6.39. The van der Waals surface area contributed by atoms with Gasteiger partial charge in [0.2, 0.25) is 0 Å². The number of rotatable bonds is 12. The van der Waals surface area contributed by atoms with Gasteiger partial charge in [0.15, 0.2) is 0 Å². The number of imidazole rings is 1. The zero-order valence-electron chi connectivity index (χ0n) is 16.5. The summed E-state index contributed by atoms with van der Waals surface area (Å²) < 4.78 is 2.13. The van der Waals surface area contributed by atoms with Crippen LogP contribution in [0, 0.1) is 0 Å². The molecule has 0 saturated carbocycles. The molecule has 144 valence electrons. The maximum absolute atomic E-state index is 4.54. The van der Waals surface area contributed by atoms with Gasteiger partial charge in [-0.05, 0) is 38.0 Å². The van der Waals surface area contributed by atoms with Gasteiger partial charge < -0.3 is 9.88 Å². The van der Waals surface area contributed by atoms with Crippen molar-refractivity contribution in [2.45, 2.75) is 39.2 Å². The highest BCUT2D eigenvalue weighted by Crippen LogP contribution is 2.10. The van der Waals surface area contributed by atoms with Crippen molar-refractivity contribution in [3.8, 4) is 0 Å². The number of para-hydroxylation sites is 1. The topological polar surface area (TPSA) is 45.5 Å². The number of nitrogens with zero attached hydrogens (tertiary/aromatic N) is 4. The monoisotopic (exact) mass is 365 g/mol. The first-order chi connectivity index (χ1) is 13.3. The van der Waals surface area contributed by atoms with Crippen LogP contribution in [0.15, 0.2) is 78.1 Å². The highest BCUT2D eigenvalue weighted by Gasteiger charge is 1.98. The van der Waals surface area contributed by atoms with Crippen molar-refractivity contribution in [3.63, 3.8) is 0 Å². The van der Waals surface area contributed by atoms with Gasteiger partial charge in [-0.1, -0.05) is 43.2 Å². The molecule has 0 radical (unpaired) electrons. The molecule has 0 saturated heterocycles. The van der Waals surface area contributed by atoms with Crippen molar-refractivity contribution < 1.29 is 0 Å². The predicted octanol–water partition coefficient (Wildman–Crippen LogP) is 4.62. The van der Waals surface area contributed by atoms with E-state index in [2.05, 4.69) is 26.0 Å². The lowest BCUT2D eigenvalue weighted by Gasteiger charge is -2.13. The molecule has 1 aromatic carbocycles. The minimum Gasteiger partial charge on any atom is -0.384 e. The Morgan fingerprint density at radius 3 is 2.74 bits per heavy atom. The summed E-state index contributed by atoms with van der Waals surface area (Å²) in [5, 5.41) is 9.90. The van der Waals surface area contributed by atoms with E-state index < -0.39 is 0 Å². The Morgan fingerprint density at radius 2 is 2.00 bits per heavy atom. The lowest BCUT2D eigenvalue weighted by Crippen LogP contribution is -2.17. The minimum absolute atomic E-state index is 0.954. The molecule has 5 nitrogen and oxygen atoms in total. The van der Waals surface area contributed by atoms with E-state index in [1.54, 1.807) is 0 Å². The highest BCUT2D eigenvalue weighted by atomic mass is 15.4. The van der Waals surface area contributed by atoms with Crippen LogP contribution in [0.1, 0.15) is 32.6 Å². The summed E-state index contributed by atoms with van der Waals surface area (Å²) in [6, 6.07) is 10.1. The maximum Gasteiger partial charge on any atom is 0.0945 e. The summed E-state index contributed by atoms with van der Waals surface area (Å²) in [6.07, 6.45) is 18.5. The smallest absolute Gasteiger partial charge is 0.0945 e. The van der Waals surface area contributed by atoms with Gasteiger partial charge in [0.05, 0.1) is 23.9 Å². The molecule has 0 aliphatic rings. The third kappa shape index (κ3) is 8.40. The van der Waals surface area contributed by atoms with Crippen LogP contribution in [0.2, 0.25) is 0 Å². The largest absolute Gasteiger partial charge is 0.384 e. The molecule has 5 heteroatoms. The summed E-state index contributed by atoms with van der Waals surface area (Å²) in [5.41, 5.74) is 2.09. The molecular weight excluding hydrogens is 334 g/mol. The molecular formula is C22H31N5. The molecule has 0 unspecified atom stereocenters. The second-order valence-corrected chi connectivity index (χ2v) is 6.39. The van der Waals surface area contributed by atoms with Gasteiger partial charge in [0, 0.05) is 32.5 Å². The predicted molar refractivity (Wildman–Crippen MR) is 115 cm³/mol. The average molecular weight is 366 g/mol. The van der Waals surface area contributed by atoms with Crippen LogP contribution >= 0.6 is 0 Å². The average Bonchev–Trinajstić information content (AvgIpc) is 3.22. The third-order valence-electron chi connectivity index (χ3n) is 4.20. The number of aryl methyl sites for hydroxylation is 1. The van der Waals surface area contributed by atoms with E-state index in [4.69, 9.17) is 0 Å². The first kappa shape index (κ1) is 20.5. The van der Waals surface area contributed by atoms with E-state index in [9.17, 15) is 0 Å². The van der Waals surface area contributed by atoms with Crippen LogP contribution in [0.3, 0.4) is 0 Å². The zero-order valence-corrected chi connectivity index (χ0v) is 16.5. The van der Waals surface area contributed by atoms with E-state index in [-0.39, 0.29) is 0 Å². The SMILES string of the molecule is C\C=C/C=C(/C=N/N(C)c1ccccc1)NCCCCCCn1ccnc1. The maximum atomic E-state index is 4.54. The molecule has 0 amide bonds. The quantitative estimate of drug-likeness (QED) is 0.258. The number of anilines is 1. The number of hydrogen-bond donors (Lipinski definition) is 1. The highest BCUT2D eigenvalue weighted by molar-refractivity contribution is 5.79. The fourth-order valence-corrected chi connectivity index (χ4v) is 2.63. The van der Waals surface area contributed by atoms with Crippen LogP contribution in [-0.2, 0) is 6.54 Å². The number of benzene rings is 1. The Bertz CT molecular complexity index is 702. The second kappa shape index (κ2) is 12.5. The summed E-state index contributed by atoms with van der Waals surface area (Å²) in [6.45, 7) is 4.02. The molecule has 27 heavy (non-hydrogen) atoms. The van der Waals surface area contributed by atoms with Gasteiger partial charge in [-0.25, -0.2) is 4.98 Å². The molecule has 1 heterocycles. The molecule has 0 spiro atoms. The minimum atomic E-state index is 0.954. The van der Waals surface area contributed by atoms with E-state index in [0.29, 0.717) is 0 Å². The summed E-state index contributed by atoms with van der Waals surface area (Å²) in [4.78, 5) is 4.07. The van der Waals surface area contributed by atoms with E-state index in [1.165, 1.54) is 19.3 Å². The summed E-state index contributed by atoms with van der Waals surface area (Å²) in [7, 11) is 1.96. The number of hydrogen-bond acceptors (Lipinski definition) is 4. The Labute approximate surface area is 163 Å². The molecule has 2 rings (SSSR count). The van der Waals surface area contributed by atoms with Crippen molar-refractivity contribution in [3.05, 3.63) is 73.0 Å². The lowest BCUT2D eigenvalue weighted by atomic mass is 10.2. The van der Waals surface area contributed by atoms with E-state index >= 15 is 0 Å². The van der Waals surface area contributed by atoms with Crippen molar-refractivity contribution in [2.75, 3.05) is 18.6 Å². The number of unbranched alkanes of at least 4 members (excludes halogenated alkanes) is 3. The molecule has 1 N–H and O–H groups in total. The van der Waals surface area contributed by atoms with Crippen molar-refractivity contribution in [1.29, 1.82) is 0 Å². The molecule has 0 aliphatic heterocycles. The van der Waals surface area contributed by atoms with Crippen molar-refractivity contribution in [1.82, 2.24) is 14.9 Å². The Hall–Kier alpha value is -2.82. The van der Waals surface area contributed by atoms with Crippen LogP contribution in [0.25, 0.3) is 0 Å². The lowest BCUT2D eigenvalue weighted by molar-refractivity contribution is 0.565. The number of aromatic nitrogens is 2. The van der Waals surface area contributed by atoms with Gasteiger partial charge in [-0.2, -0.15) is 5.10 Å². The van der Waals surface area contributed by atoms with Crippen molar-refractivity contribution >= 4 is 11.9 Å². The van der Waals surface area contributed by atoms with E-state index in [0.717, 1.165) is 30.9 Å². The number of allylic oxidation sites excluding steroid dienone is 4. The first-order valence-electron chi connectivity index (χ1n) is 9.65. The summed E-state index contributed by atoms with van der Waals surface area (Å²) in [5.74, 6) is 0.